The number of hydrogen-bond donors (Lipinski definition) is 1. The number of aliphatic hydroxyl groups excluding tert-OH is 1. The van der Waals surface area contributed by atoms with Gasteiger partial charge in [-0.3, -0.25) is 4.79 Å². The molecule has 0 aromatic rings. The summed E-state index contributed by atoms with van der Waals surface area (Å²) in [5.41, 5.74) is -0.525. The summed E-state index contributed by atoms with van der Waals surface area (Å²) < 4.78 is 16.1. The molecule has 4 aliphatic rings. The van der Waals surface area contributed by atoms with Crippen molar-refractivity contribution in [3.63, 3.8) is 0 Å². The Kier molecular flexibility index (Phi) is 1.13. The number of ether oxygens (including phenoxy) is 3. The summed E-state index contributed by atoms with van der Waals surface area (Å²) in [5, 5.41) is 9.37. The predicted octanol–water partition coefficient (Wildman–Crippen LogP) is -1.03. The average molecular weight is 198 g/mol. The third-order valence-electron chi connectivity index (χ3n) is 3.64. The largest absolute Gasteiger partial charge is 0.368 e. The Morgan fingerprint density at radius 1 is 1.29 bits per heavy atom. The van der Waals surface area contributed by atoms with Crippen molar-refractivity contribution in [2.45, 2.75) is 49.1 Å². The smallest absolute Gasteiger partial charge is 0.195 e. The minimum absolute atomic E-state index is 0.0515. The molecule has 76 valence electrons. The first-order valence-electron chi connectivity index (χ1n) is 4.93. The molecule has 6 atom stereocenters. The second kappa shape index (κ2) is 2.04. The highest BCUT2D eigenvalue weighted by molar-refractivity contribution is 5.94. The van der Waals surface area contributed by atoms with Crippen LogP contribution in [-0.4, -0.2) is 47.2 Å². The fourth-order valence-corrected chi connectivity index (χ4v) is 2.86. The third kappa shape index (κ3) is 0.704. The van der Waals surface area contributed by atoms with Gasteiger partial charge in [-0.15, -0.1) is 0 Å². The Morgan fingerprint density at radius 2 is 1.93 bits per heavy atom. The topological polar surface area (TPSA) is 71.6 Å². The lowest BCUT2D eigenvalue weighted by Gasteiger charge is -2.26. The molecule has 0 radical (unpaired) electrons. The highest BCUT2D eigenvalue weighted by Crippen LogP contribution is 2.57. The Bertz CT molecular complexity index is 307. The monoisotopic (exact) mass is 198 g/mol. The van der Waals surface area contributed by atoms with Crippen molar-refractivity contribution < 1.29 is 24.1 Å². The molecule has 0 bridgehead atoms. The molecule has 0 aromatic heterocycles. The normalized spacial score (nSPS) is 63.8. The number of carbonyl (C=O) groups excluding carboxylic acids is 1. The van der Waals surface area contributed by atoms with Gasteiger partial charge in [-0.2, -0.15) is 0 Å². The lowest BCUT2D eigenvalue weighted by atomic mass is 9.82. The van der Waals surface area contributed by atoms with E-state index in [9.17, 15) is 9.90 Å². The average Bonchev–Trinajstić information content (AvgIpc) is 3.03. The summed E-state index contributed by atoms with van der Waals surface area (Å²) in [5.74, 6) is 0.0515. The van der Waals surface area contributed by atoms with Crippen LogP contribution in [-0.2, 0) is 19.0 Å². The van der Waals surface area contributed by atoms with E-state index in [4.69, 9.17) is 14.2 Å². The van der Waals surface area contributed by atoms with Crippen LogP contribution in [0.5, 0.6) is 0 Å². The molecule has 3 heterocycles. The van der Waals surface area contributed by atoms with Crippen molar-refractivity contribution in [1.82, 2.24) is 0 Å². The number of rotatable bonds is 0. The summed E-state index contributed by atoms with van der Waals surface area (Å²) in [6.45, 7) is 0. The Labute approximate surface area is 79.9 Å². The minimum Gasteiger partial charge on any atom is -0.368 e. The maximum atomic E-state index is 11.5. The number of ketones is 1. The fourth-order valence-electron chi connectivity index (χ4n) is 2.86. The number of fused-ring (bicyclic) bond motifs is 4. The van der Waals surface area contributed by atoms with Gasteiger partial charge in [0.25, 0.3) is 0 Å². The molecule has 3 saturated heterocycles. The first-order valence-corrected chi connectivity index (χ1v) is 4.93. The molecule has 5 heteroatoms. The van der Waals surface area contributed by atoms with Gasteiger partial charge in [-0.25, -0.2) is 0 Å². The first-order chi connectivity index (χ1) is 6.72. The number of aliphatic hydroxyl groups is 1. The summed E-state index contributed by atoms with van der Waals surface area (Å²) in [7, 11) is 0. The van der Waals surface area contributed by atoms with Crippen LogP contribution in [0.25, 0.3) is 0 Å². The van der Waals surface area contributed by atoms with E-state index in [0.717, 1.165) is 6.42 Å². The summed E-state index contributed by atoms with van der Waals surface area (Å²) in [4.78, 5) is 11.5. The van der Waals surface area contributed by atoms with Crippen LogP contribution in [0.4, 0.5) is 0 Å². The zero-order valence-corrected chi connectivity index (χ0v) is 7.38. The SMILES string of the molecule is O=C1[C@H]2O[C@H]2C2(CC[C@H](O)O2)[C@H]2O[C@@H]12. The van der Waals surface area contributed by atoms with Gasteiger partial charge >= 0.3 is 0 Å². The molecule has 4 rings (SSSR count). The molecule has 14 heavy (non-hydrogen) atoms. The number of carbonyl (C=O) groups is 1. The number of hydrogen-bond acceptors (Lipinski definition) is 5. The molecule has 1 spiro atoms. The molecule has 1 N–H and O–H groups in total. The van der Waals surface area contributed by atoms with E-state index in [1.54, 1.807) is 0 Å². The highest BCUT2D eigenvalue weighted by Gasteiger charge is 2.77. The van der Waals surface area contributed by atoms with Gasteiger partial charge < -0.3 is 19.3 Å². The van der Waals surface area contributed by atoms with Gasteiger partial charge in [0.1, 0.15) is 30.0 Å². The van der Waals surface area contributed by atoms with Crippen molar-refractivity contribution in [2.75, 3.05) is 0 Å². The molecular formula is C9H10O5. The Balaban J connectivity index is 1.72. The summed E-state index contributed by atoms with van der Waals surface area (Å²) in [6, 6.07) is 0. The van der Waals surface area contributed by atoms with E-state index in [2.05, 4.69) is 0 Å². The summed E-state index contributed by atoms with van der Waals surface area (Å²) >= 11 is 0. The van der Waals surface area contributed by atoms with E-state index in [1.807, 2.05) is 0 Å². The van der Waals surface area contributed by atoms with E-state index in [0.29, 0.717) is 6.42 Å². The second-order valence-corrected chi connectivity index (χ2v) is 4.42. The molecule has 1 saturated carbocycles. The Hall–Kier alpha value is -0.490. The van der Waals surface area contributed by atoms with Gasteiger partial charge in [0.2, 0.25) is 0 Å². The van der Waals surface area contributed by atoms with Gasteiger partial charge in [-0.1, -0.05) is 0 Å². The first kappa shape index (κ1) is 7.76. The standard InChI is InChI=1S/C9H10O5/c10-3-1-2-9(14-3)7-5(12-7)4(11)6-8(9)13-6/h3,5-8,10H,1-2H2/t3-,5-,6+,7-,8+,9?/m1/s1. The van der Waals surface area contributed by atoms with Crippen molar-refractivity contribution in [3.05, 3.63) is 0 Å². The fraction of sp³-hybridized carbons (Fsp3) is 0.889. The maximum Gasteiger partial charge on any atom is 0.195 e. The zero-order valence-electron chi connectivity index (χ0n) is 7.38. The van der Waals surface area contributed by atoms with Crippen LogP contribution in [0, 0.1) is 0 Å². The van der Waals surface area contributed by atoms with Gasteiger partial charge in [-0.05, 0) is 6.42 Å². The highest BCUT2D eigenvalue weighted by atomic mass is 16.7. The molecule has 0 aromatic carbocycles. The summed E-state index contributed by atoms with van der Waals surface area (Å²) in [6.07, 6.45) is -0.394. The molecule has 5 nitrogen and oxygen atoms in total. The predicted molar refractivity (Wildman–Crippen MR) is 41.4 cm³/mol. The molecule has 4 fully saturated rings. The maximum absolute atomic E-state index is 11.5. The quantitative estimate of drug-likeness (QED) is 0.504. The van der Waals surface area contributed by atoms with E-state index < -0.39 is 11.9 Å². The van der Waals surface area contributed by atoms with Crippen LogP contribution in [0.3, 0.4) is 0 Å². The van der Waals surface area contributed by atoms with E-state index in [1.165, 1.54) is 0 Å². The van der Waals surface area contributed by atoms with E-state index in [-0.39, 0.29) is 30.2 Å². The lowest BCUT2D eigenvalue weighted by molar-refractivity contribution is -0.154. The van der Waals surface area contributed by atoms with Crippen LogP contribution in [0.2, 0.25) is 0 Å². The van der Waals surface area contributed by atoms with Gasteiger partial charge in [0.15, 0.2) is 12.1 Å². The van der Waals surface area contributed by atoms with Crippen molar-refractivity contribution in [3.8, 4) is 0 Å². The Morgan fingerprint density at radius 3 is 2.43 bits per heavy atom. The number of epoxide rings is 2. The minimum atomic E-state index is -0.724. The van der Waals surface area contributed by atoms with Gasteiger partial charge in [0.05, 0.1) is 0 Å². The van der Waals surface area contributed by atoms with Crippen molar-refractivity contribution in [1.29, 1.82) is 0 Å². The molecule has 1 aliphatic carbocycles. The number of Topliss-reactive ketones (excluding diaryl/α,β-unsaturated/α-hetero) is 1. The van der Waals surface area contributed by atoms with Crippen molar-refractivity contribution >= 4 is 5.78 Å². The zero-order chi connectivity index (χ0) is 9.50. The molecular weight excluding hydrogens is 188 g/mol. The van der Waals surface area contributed by atoms with Crippen LogP contribution in [0.1, 0.15) is 12.8 Å². The van der Waals surface area contributed by atoms with Crippen molar-refractivity contribution in [2.24, 2.45) is 0 Å². The third-order valence-corrected chi connectivity index (χ3v) is 3.64. The molecule has 0 amide bonds. The van der Waals surface area contributed by atoms with Crippen LogP contribution < -0.4 is 0 Å². The molecule has 1 unspecified atom stereocenters. The molecule has 3 aliphatic heterocycles. The lowest BCUT2D eigenvalue weighted by Crippen LogP contribution is -2.48. The van der Waals surface area contributed by atoms with E-state index >= 15 is 0 Å². The van der Waals surface area contributed by atoms with Crippen LogP contribution >= 0.6 is 0 Å². The van der Waals surface area contributed by atoms with Gasteiger partial charge in [0, 0.05) is 6.42 Å². The second-order valence-electron chi connectivity index (χ2n) is 4.42. The van der Waals surface area contributed by atoms with Crippen LogP contribution in [0.15, 0.2) is 0 Å².